The highest BCUT2D eigenvalue weighted by Gasteiger charge is 2.44. The molecule has 0 bridgehead atoms. The van der Waals surface area contributed by atoms with Crippen molar-refractivity contribution in [1.29, 1.82) is 5.26 Å². The number of aromatic nitrogens is 1. The van der Waals surface area contributed by atoms with Crippen LogP contribution in [0.3, 0.4) is 0 Å². The zero-order valence-electron chi connectivity index (χ0n) is 17.9. The summed E-state index contributed by atoms with van der Waals surface area (Å²) in [6.07, 6.45) is 3.26. The number of nitriles is 1. The van der Waals surface area contributed by atoms with E-state index in [1.807, 2.05) is 12.1 Å². The molecule has 0 radical (unpaired) electrons. The second-order valence-electron chi connectivity index (χ2n) is 8.03. The Labute approximate surface area is 200 Å². The number of benzene rings is 2. The maximum atomic E-state index is 13.5. The van der Waals surface area contributed by atoms with Crippen molar-refractivity contribution in [2.24, 2.45) is 0 Å². The first-order chi connectivity index (χ1) is 16.4. The molecule has 0 spiro atoms. The van der Waals surface area contributed by atoms with Crippen LogP contribution in [-0.4, -0.2) is 54.8 Å². The van der Waals surface area contributed by atoms with Crippen molar-refractivity contribution in [3.63, 3.8) is 0 Å². The predicted octanol–water partition coefficient (Wildman–Crippen LogP) is 3.53. The predicted molar refractivity (Wildman–Crippen MR) is 127 cm³/mol. The number of pyridine rings is 1. The molecule has 1 amide bonds. The smallest absolute Gasteiger partial charge is 0.254 e. The number of thioether (sulfide) groups is 1. The van der Waals surface area contributed by atoms with Crippen LogP contribution in [0.1, 0.15) is 15.9 Å². The Bertz CT molecular complexity index is 1410. The lowest BCUT2D eigenvalue weighted by atomic mass is 10.1. The summed E-state index contributed by atoms with van der Waals surface area (Å²) in [5.41, 5.74) is 2.93. The van der Waals surface area contributed by atoms with E-state index in [1.54, 1.807) is 36.3 Å². The maximum absolute atomic E-state index is 13.5. The summed E-state index contributed by atoms with van der Waals surface area (Å²) in [5.74, 6) is -0.313. The summed E-state index contributed by atoms with van der Waals surface area (Å²) in [6, 6.07) is 14.6. The van der Waals surface area contributed by atoms with Crippen LogP contribution in [0.4, 0.5) is 10.1 Å². The van der Waals surface area contributed by atoms with Gasteiger partial charge in [0.05, 0.1) is 23.5 Å². The Balaban J connectivity index is 1.38. The molecule has 1 fully saturated rings. The van der Waals surface area contributed by atoms with Gasteiger partial charge in [0, 0.05) is 47.6 Å². The Kier molecular flexibility index (Phi) is 5.75. The van der Waals surface area contributed by atoms with E-state index >= 15 is 0 Å². The number of fused-ring (bicyclic) bond motifs is 1. The fourth-order valence-corrected chi connectivity index (χ4v) is 7.23. The lowest BCUT2D eigenvalue weighted by Crippen LogP contribution is -2.60. The summed E-state index contributed by atoms with van der Waals surface area (Å²) in [6.45, 7) is 0.422. The highest BCUT2D eigenvalue weighted by atomic mass is 32.2. The summed E-state index contributed by atoms with van der Waals surface area (Å²) in [7, 11) is -3.74. The minimum Gasteiger partial charge on any atom is -0.336 e. The van der Waals surface area contributed by atoms with Crippen molar-refractivity contribution in [2.75, 3.05) is 29.7 Å². The zero-order chi connectivity index (χ0) is 23.9. The number of anilines is 1. The van der Waals surface area contributed by atoms with E-state index in [-0.39, 0.29) is 24.6 Å². The number of carbonyl (C=O) groups is 1. The largest absolute Gasteiger partial charge is 0.336 e. The number of hydrogen-bond acceptors (Lipinski definition) is 6. The van der Waals surface area contributed by atoms with E-state index < -0.39 is 21.1 Å². The van der Waals surface area contributed by atoms with Gasteiger partial charge in [0.25, 0.3) is 5.91 Å². The zero-order valence-corrected chi connectivity index (χ0v) is 19.5. The van der Waals surface area contributed by atoms with Crippen LogP contribution in [0.15, 0.2) is 65.8 Å². The average Bonchev–Trinajstić information content (AvgIpc) is 2.82. The monoisotopic (exact) mass is 494 g/mol. The summed E-state index contributed by atoms with van der Waals surface area (Å²) < 4.78 is 41.8. The van der Waals surface area contributed by atoms with Gasteiger partial charge in [-0.25, -0.2) is 12.8 Å². The van der Waals surface area contributed by atoms with Crippen molar-refractivity contribution >= 4 is 33.4 Å². The summed E-state index contributed by atoms with van der Waals surface area (Å²) in [4.78, 5) is 19.1. The van der Waals surface area contributed by atoms with Gasteiger partial charge in [-0.15, -0.1) is 11.8 Å². The number of likely N-dealkylation sites (tertiary alicyclic amines) is 1. The molecule has 3 aromatic rings. The molecular formula is C24H19FN4O3S2. The van der Waals surface area contributed by atoms with Gasteiger partial charge in [-0.3, -0.25) is 14.1 Å². The molecule has 5 rings (SSSR count). The molecule has 2 aromatic carbocycles. The molecule has 10 heteroatoms. The molecule has 0 atom stereocenters. The standard InChI is InChI=1S/C24H19FN4O3S2/c25-19-3-1-2-18(10-19)24(30)28-14-20(15-28)34(31,32)29-8-9-33-23-21(12-27-13-22(23)29)17-6-4-16(11-26)5-7-17/h1-7,10,12-13,20H,8-9,14-15H2. The maximum Gasteiger partial charge on any atom is 0.254 e. The van der Waals surface area contributed by atoms with Crippen LogP contribution >= 0.6 is 11.8 Å². The van der Waals surface area contributed by atoms with Crippen LogP contribution < -0.4 is 4.31 Å². The van der Waals surface area contributed by atoms with Crippen LogP contribution in [-0.2, 0) is 10.0 Å². The first-order valence-corrected chi connectivity index (χ1v) is 13.0. The minimum atomic E-state index is -3.74. The van der Waals surface area contributed by atoms with E-state index in [2.05, 4.69) is 11.1 Å². The van der Waals surface area contributed by atoms with Crippen molar-refractivity contribution < 1.29 is 17.6 Å². The molecule has 172 valence electrons. The van der Waals surface area contributed by atoms with Crippen molar-refractivity contribution in [3.8, 4) is 17.2 Å². The number of carbonyl (C=O) groups excluding carboxylic acids is 1. The third-order valence-corrected chi connectivity index (χ3v) is 9.19. The summed E-state index contributed by atoms with van der Waals surface area (Å²) >= 11 is 1.57. The van der Waals surface area contributed by atoms with E-state index in [4.69, 9.17) is 5.26 Å². The molecule has 0 N–H and O–H groups in total. The Hall–Kier alpha value is -3.42. The molecule has 2 aliphatic heterocycles. The molecule has 7 nitrogen and oxygen atoms in total. The average molecular weight is 495 g/mol. The van der Waals surface area contributed by atoms with E-state index in [1.165, 1.54) is 27.4 Å². The molecule has 0 saturated carbocycles. The second kappa shape index (κ2) is 8.74. The number of amides is 1. The minimum absolute atomic E-state index is 0.0550. The van der Waals surface area contributed by atoms with Gasteiger partial charge in [-0.2, -0.15) is 5.26 Å². The second-order valence-corrected chi connectivity index (χ2v) is 11.3. The van der Waals surface area contributed by atoms with Crippen molar-refractivity contribution in [1.82, 2.24) is 9.88 Å². The Morgan fingerprint density at radius 1 is 1.15 bits per heavy atom. The fourth-order valence-electron chi connectivity index (χ4n) is 4.09. The highest BCUT2D eigenvalue weighted by Crippen LogP contribution is 2.43. The van der Waals surface area contributed by atoms with Crippen molar-refractivity contribution in [2.45, 2.75) is 10.1 Å². The van der Waals surface area contributed by atoms with E-state index in [0.717, 1.165) is 22.1 Å². The third-order valence-electron chi connectivity index (χ3n) is 5.95. The van der Waals surface area contributed by atoms with Crippen molar-refractivity contribution in [3.05, 3.63) is 77.9 Å². The Morgan fingerprint density at radius 2 is 1.91 bits per heavy atom. The molecular weight excluding hydrogens is 475 g/mol. The van der Waals surface area contributed by atoms with Gasteiger partial charge in [0.1, 0.15) is 11.1 Å². The highest BCUT2D eigenvalue weighted by molar-refractivity contribution is 8.00. The number of nitrogens with zero attached hydrogens (tertiary/aromatic N) is 4. The molecule has 1 aromatic heterocycles. The third kappa shape index (κ3) is 3.91. The quantitative estimate of drug-likeness (QED) is 0.551. The van der Waals surface area contributed by atoms with Crippen LogP contribution in [0.5, 0.6) is 0 Å². The van der Waals surface area contributed by atoms with Gasteiger partial charge < -0.3 is 4.90 Å². The molecule has 34 heavy (non-hydrogen) atoms. The van der Waals surface area contributed by atoms with Gasteiger partial charge in [-0.1, -0.05) is 18.2 Å². The SMILES string of the molecule is N#Cc1ccc(-c2cncc3c2SCCN3S(=O)(=O)C2CN(C(=O)c3cccc(F)c3)C2)cc1. The molecule has 0 unspecified atom stereocenters. The van der Waals surface area contributed by atoms with Gasteiger partial charge in [0.15, 0.2) is 0 Å². The molecule has 3 heterocycles. The number of hydrogen-bond donors (Lipinski definition) is 0. The number of rotatable bonds is 4. The topological polar surface area (TPSA) is 94.4 Å². The lowest BCUT2D eigenvalue weighted by Gasteiger charge is -2.42. The number of halogens is 1. The van der Waals surface area contributed by atoms with Gasteiger partial charge >= 0.3 is 0 Å². The van der Waals surface area contributed by atoms with Gasteiger partial charge in [0.2, 0.25) is 10.0 Å². The fraction of sp³-hybridized carbons (Fsp3) is 0.208. The van der Waals surface area contributed by atoms with Crippen LogP contribution in [0, 0.1) is 17.1 Å². The van der Waals surface area contributed by atoms with Crippen LogP contribution in [0.25, 0.3) is 11.1 Å². The Morgan fingerprint density at radius 3 is 2.62 bits per heavy atom. The van der Waals surface area contributed by atoms with E-state index in [0.29, 0.717) is 23.5 Å². The molecule has 1 saturated heterocycles. The normalized spacial score (nSPS) is 15.9. The summed E-state index contributed by atoms with van der Waals surface area (Å²) in [5, 5.41) is 8.31. The van der Waals surface area contributed by atoms with Crippen LogP contribution in [0.2, 0.25) is 0 Å². The number of sulfonamides is 1. The first-order valence-electron chi connectivity index (χ1n) is 10.6. The van der Waals surface area contributed by atoms with Gasteiger partial charge in [-0.05, 0) is 35.9 Å². The molecule has 0 aliphatic carbocycles. The lowest BCUT2D eigenvalue weighted by molar-refractivity contribution is 0.0658. The van der Waals surface area contributed by atoms with E-state index in [9.17, 15) is 17.6 Å². The first kappa shape index (κ1) is 22.4. The molecule has 2 aliphatic rings.